The van der Waals surface area contributed by atoms with Crippen LogP contribution in [0, 0.1) is 0 Å². The monoisotopic (exact) mass is 572 g/mol. The van der Waals surface area contributed by atoms with E-state index in [-0.39, 0.29) is 6.42 Å². The zero-order valence-electron chi connectivity index (χ0n) is 22.1. The summed E-state index contributed by atoms with van der Waals surface area (Å²) in [6, 6.07) is -2.69. The summed E-state index contributed by atoms with van der Waals surface area (Å²) in [7, 11) is 0. The molecule has 0 spiro atoms. The maximum absolute atomic E-state index is 11.4. The summed E-state index contributed by atoms with van der Waals surface area (Å²) in [4.78, 5) is 0. The molecule has 2 unspecified atom stereocenters. The topological polar surface area (TPSA) is 312 Å². The van der Waals surface area contributed by atoms with Gasteiger partial charge in [-0.15, -0.1) is 0 Å². The van der Waals surface area contributed by atoms with Crippen LogP contribution >= 0.6 is 0 Å². The van der Waals surface area contributed by atoms with Crippen LogP contribution in [0.5, 0.6) is 0 Å². The van der Waals surface area contributed by atoms with Gasteiger partial charge in [-0.2, -0.15) is 0 Å². The van der Waals surface area contributed by atoms with Crippen LogP contribution in [0.3, 0.4) is 0 Å². The molecule has 3 aliphatic heterocycles. The molecule has 3 aliphatic rings. The molecule has 3 rings (SSSR count). The molecule has 0 saturated carbocycles. The van der Waals surface area contributed by atoms with Crippen LogP contribution in [0.15, 0.2) is 0 Å². The van der Waals surface area contributed by atoms with E-state index in [0.29, 0.717) is 0 Å². The Labute approximate surface area is 225 Å². The minimum Gasteiger partial charge on any atom is -0.394 e. The van der Waals surface area contributed by atoms with Gasteiger partial charge in [0.1, 0.15) is 47.8 Å². The molecule has 3 fully saturated rings. The molecule has 17 nitrogen and oxygen atoms in total. The molecule has 0 bridgehead atoms. The zero-order chi connectivity index (χ0) is 29.7. The Morgan fingerprint density at radius 3 is 1.85 bits per heavy atom. The van der Waals surface area contributed by atoms with E-state index in [0.717, 1.165) is 0 Å². The SMILES string of the molecule is CC[C@]1(O)[C@](C)(O)[C@@](C)(N)[C@@H](OC2[C@@H](CO)O[C@@H](OC3[C@@H](CO)O[C@@H](O)[C@H](N)[C@H]3O)[C@H](N)[C@H]2O)O[C@]1(N)CO. The van der Waals surface area contributed by atoms with Crippen molar-refractivity contribution in [3.8, 4) is 0 Å². The molecule has 0 amide bonds. The predicted octanol–water partition coefficient (Wildman–Crippen LogP) is -6.83. The molecule has 0 aromatic rings. The Morgan fingerprint density at radius 1 is 0.821 bits per heavy atom. The van der Waals surface area contributed by atoms with E-state index in [1.54, 1.807) is 0 Å². The van der Waals surface area contributed by atoms with E-state index in [2.05, 4.69) is 0 Å². The van der Waals surface area contributed by atoms with Crippen molar-refractivity contribution in [1.29, 1.82) is 0 Å². The second-order valence-electron chi connectivity index (χ2n) is 10.9. The van der Waals surface area contributed by atoms with Gasteiger partial charge in [0.2, 0.25) is 0 Å². The van der Waals surface area contributed by atoms with Crippen molar-refractivity contribution in [3.05, 3.63) is 0 Å². The summed E-state index contributed by atoms with van der Waals surface area (Å²) in [5.41, 5.74) is 15.9. The Balaban J connectivity index is 1.85. The van der Waals surface area contributed by atoms with Gasteiger partial charge in [-0.3, -0.25) is 5.73 Å². The molecule has 0 aromatic carbocycles. The second-order valence-corrected chi connectivity index (χ2v) is 10.9. The number of aliphatic hydroxyl groups excluding tert-OH is 6. The van der Waals surface area contributed by atoms with Gasteiger partial charge in [-0.05, 0) is 20.3 Å². The average molecular weight is 573 g/mol. The van der Waals surface area contributed by atoms with Crippen LogP contribution in [-0.4, -0.2) is 151 Å². The van der Waals surface area contributed by atoms with Gasteiger partial charge in [-0.25, -0.2) is 0 Å². The molecule has 0 aromatic heterocycles. The van der Waals surface area contributed by atoms with Crippen molar-refractivity contribution >= 4 is 0 Å². The van der Waals surface area contributed by atoms with Gasteiger partial charge in [-0.1, -0.05) is 6.92 Å². The number of hydrogen-bond donors (Lipinski definition) is 12. The fraction of sp³-hybridized carbons (Fsp3) is 1.00. The third-order valence-electron chi connectivity index (χ3n) is 8.50. The number of ether oxygens (including phenoxy) is 5. The molecule has 3 heterocycles. The lowest BCUT2D eigenvalue weighted by Crippen LogP contribution is -2.87. The summed E-state index contributed by atoms with van der Waals surface area (Å²) in [5, 5.41) is 83.6. The first-order valence-electron chi connectivity index (χ1n) is 12.7. The highest BCUT2D eigenvalue weighted by molar-refractivity contribution is 5.21. The minimum atomic E-state index is -2.25. The Kier molecular flexibility index (Phi) is 9.71. The highest BCUT2D eigenvalue weighted by atomic mass is 16.7. The van der Waals surface area contributed by atoms with Gasteiger partial charge in [0.25, 0.3) is 0 Å². The maximum atomic E-state index is 11.4. The lowest BCUT2D eigenvalue weighted by Gasteiger charge is -2.63. The average Bonchev–Trinajstić information content (AvgIpc) is 2.90. The van der Waals surface area contributed by atoms with Gasteiger partial charge >= 0.3 is 0 Å². The van der Waals surface area contributed by atoms with Crippen LogP contribution in [0.25, 0.3) is 0 Å². The smallest absolute Gasteiger partial charge is 0.181 e. The van der Waals surface area contributed by atoms with Crippen molar-refractivity contribution in [2.75, 3.05) is 19.8 Å². The minimum absolute atomic E-state index is 0.166. The lowest BCUT2D eigenvalue weighted by atomic mass is 9.63. The van der Waals surface area contributed by atoms with Crippen LogP contribution in [-0.2, 0) is 23.7 Å². The number of rotatable bonds is 8. The van der Waals surface area contributed by atoms with E-state index >= 15 is 0 Å². The number of hydrogen-bond acceptors (Lipinski definition) is 17. The fourth-order valence-corrected chi connectivity index (χ4v) is 5.42. The van der Waals surface area contributed by atoms with Crippen molar-refractivity contribution in [3.63, 3.8) is 0 Å². The van der Waals surface area contributed by atoms with Crippen LogP contribution in [0.2, 0.25) is 0 Å². The van der Waals surface area contributed by atoms with Gasteiger partial charge < -0.3 is 81.7 Å². The Morgan fingerprint density at radius 2 is 1.33 bits per heavy atom. The van der Waals surface area contributed by atoms with Crippen molar-refractivity contribution in [2.45, 2.75) is 117 Å². The summed E-state index contributed by atoms with van der Waals surface area (Å²) in [6.45, 7) is 1.65. The first-order chi connectivity index (χ1) is 18.0. The van der Waals surface area contributed by atoms with Gasteiger partial charge in [0.05, 0.1) is 37.4 Å². The van der Waals surface area contributed by atoms with Crippen LogP contribution < -0.4 is 22.9 Å². The summed E-state index contributed by atoms with van der Waals surface area (Å²) < 4.78 is 28.2. The third-order valence-corrected chi connectivity index (χ3v) is 8.50. The normalized spacial score (nSPS) is 55.0. The van der Waals surface area contributed by atoms with E-state index in [1.165, 1.54) is 20.8 Å². The van der Waals surface area contributed by atoms with Crippen LogP contribution in [0.1, 0.15) is 27.2 Å². The predicted molar refractivity (Wildman–Crippen MR) is 129 cm³/mol. The molecular weight excluding hydrogens is 528 g/mol. The molecule has 17 heteroatoms. The van der Waals surface area contributed by atoms with E-state index in [1.807, 2.05) is 0 Å². The molecule has 39 heavy (non-hydrogen) atoms. The summed E-state index contributed by atoms with van der Waals surface area (Å²) >= 11 is 0. The van der Waals surface area contributed by atoms with Crippen molar-refractivity contribution in [2.24, 2.45) is 22.9 Å². The molecule has 0 radical (unpaired) electrons. The van der Waals surface area contributed by atoms with E-state index < -0.39 is 110 Å². The lowest BCUT2D eigenvalue weighted by molar-refractivity contribution is -0.408. The molecule has 230 valence electrons. The van der Waals surface area contributed by atoms with Crippen molar-refractivity contribution in [1.82, 2.24) is 0 Å². The highest BCUT2D eigenvalue weighted by Gasteiger charge is 2.72. The summed E-state index contributed by atoms with van der Waals surface area (Å²) in [5.74, 6) is 0. The fourth-order valence-electron chi connectivity index (χ4n) is 5.42. The highest BCUT2D eigenvalue weighted by Crippen LogP contribution is 2.48. The maximum Gasteiger partial charge on any atom is 0.181 e. The largest absolute Gasteiger partial charge is 0.394 e. The van der Waals surface area contributed by atoms with Crippen LogP contribution in [0.4, 0.5) is 0 Å². The quantitative estimate of drug-likeness (QED) is 0.128. The molecule has 15 atom stereocenters. The number of aliphatic hydroxyl groups is 8. The standard InChI is InChI=1S/C22H44N4O13/c1-4-21(34)20(3,33)19(2,25)18(39-22(21,26)7-29)38-15-9(6-28)36-17(11(24)13(15)31)37-14-8(5-27)35-16(32)10(23)12(14)30/h8-18,27-34H,4-7,23-26H2,1-3H3/t8-,9-,10-,11-,12-,13-,14?,15?,16-,17+,18+,19+,20-,21+,22-/m1/s1. The number of nitrogens with two attached hydrogens (primary N) is 4. The van der Waals surface area contributed by atoms with E-state index in [4.69, 9.17) is 46.6 Å². The van der Waals surface area contributed by atoms with E-state index in [9.17, 15) is 40.9 Å². The first kappa shape index (κ1) is 32.8. The first-order valence-corrected chi connectivity index (χ1v) is 12.7. The second kappa shape index (κ2) is 11.5. The van der Waals surface area contributed by atoms with Gasteiger partial charge in [0, 0.05) is 0 Å². The Bertz CT molecular complexity index is 838. The molecule has 16 N–H and O–H groups in total. The van der Waals surface area contributed by atoms with Gasteiger partial charge in [0.15, 0.2) is 24.6 Å². The molecule has 3 saturated heterocycles. The molecular formula is C22H44N4O13. The summed E-state index contributed by atoms with van der Waals surface area (Å²) in [6.07, 6.45) is -13.5. The zero-order valence-corrected chi connectivity index (χ0v) is 22.1. The Hall–Kier alpha value is -0.680. The van der Waals surface area contributed by atoms with Crippen molar-refractivity contribution < 1.29 is 64.5 Å². The molecule has 0 aliphatic carbocycles. The third kappa shape index (κ3) is 5.12.